The van der Waals surface area contributed by atoms with Gasteiger partial charge in [-0.2, -0.15) is 0 Å². The van der Waals surface area contributed by atoms with Gasteiger partial charge in [0.15, 0.2) is 6.10 Å². The van der Waals surface area contributed by atoms with Crippen LogP contribution in [0, 0.1) is 0 Å². The molecule has 0 rings (SSSR count). The topological polar surface area (TPSA) is 78.9 Å². The molecule has 0 aromatic heterocycles. The molecule has 0 radical (unpaired) electrons. The first-order valence-corrected chi connectivity index (χ1v) is 26.3. The quantitative estimate of drug-likeness (QED) is 0.0262. The van der Waals surface area contributed by atoms with Gasteiger partial charge in [-0.15, -0.1) is 0 Å². The lowest BCUT2D eigenvalue weighted by atomic mass is 10.1. The highest BCUT2D eigenvalue weighted by atomic mass is 16.6. The van der Waals surface area contributed by atoms with Crippen LogP contribution in [0.5, 0.6) is 0 Å². The molecule has 0 aromatic rings. The van der Waals surface area contributed by atoms with Crippen molar-refractivity contribution in [2.24, 2.45) is 0 Å². The second-order valence-electron chi connectivity index (χ2n) is 17.4. The lowest BCUT2D eigenvalue weighted by molar-refractivity contribution is -0.167. The van der Waals surface area contributed by atoms with Crippen LogP contribution in [0.3, 0.4) is 0 Å². The number of hydrogen-bond donors (Lipinski definition) is 0. The number of carbonyl (C=O) groups is 3. The molecule has 1 atom stereocenters. The van der Waals surface area contributed by atoms with Gasteiger partial charge in [-0.25, -0.2) is 0 Å². The molecule has 6 heteroatoms. The molecule has 0 N–H and O–H groups in total. The number of rotatable bonds is 47. The van der Waals surface area contributed by atoms with Gasteiger partial charge in [0.05, 0.1) is 0 Å². The molecular weight excluding hydrogens is 769 g/mol. The van der Waals surface area contributed by atoms with E-state index in [1.807, 2.05) is 0 Å². The summed E-state index contributed by atoms with van der Waals surface area (Å²) < 4.78 is 16.8. The lowest BCUT2D eigenvalue weighted by Crippen LogP contribution is -2.30. The highest BCUT2D eigenvalue weighted by Gasteiger charge is 2.19. The average Bonchev–Trinajstić information content (AvgIpc) is 3.27. The Labute approximate surface area is 383 Å². The second kappa shape index (κ2) is 50.8. The fraction of sp³-hybridized carbons (Fsp3) is 0.768. The molecule has 0 aliphatic heterocycles. The highest BCUT2D eigenvalue weighted by molar-refractivity contribution is 5.71. The summed E-state index contributed by atoms with van der Waals surface area (Å²) in [5.74, 6) is -0.909. The van der Waals surface area contributed by atoms with Crippen LogP contribution in [0.1, 0.15) is 258 Å². The van der Waals surface area contributed by atoms with Gasteiger partial charge in [-0.05, 0) is 96.3 Å². The Bertz CT molecular complexity index is 1130. The van der Waals surface area contributed by atoms with E-state index in [4.69, 9.17) is 14.2 Å². The van der Waals surface area contributed by atoms with Gasteiger partial charge in [-0.3, -0.25) is 14.4 Å². The Morgan fingerprint density at radius 1 is 0.323 bits per heavy atom. The van der Waals surface area contributed by atoms with Crippen LogP contribution in [-0.4, -0.2) is 37.2 Å². The molecule has 0 heterocycles. The van der Waals surface area contributed by atoms with Crippen molar-refractivity contribution in [2.45, 2.75) is 264 Å². The summed E-state index contributed by atoms with van der Waals surface area (Å²) in [5.41, 5.74) is 0. The SMILES string of the molecule is CCCC/C=C\C/C=C\CCCCCCCC(=O)OC(COC(=O)CCCCCCC/C=C\CCCC)COC(=O)CCCCCCCCCCC/C=C\C/C=C\CCCCC. The van der Waals surface area contributed by atoms with Crippen LogP contribution < -0.4 is 0 Å². The molecule has 0 spiro atoms. The van der Waals surface area contributed by atoms with Crippen molar-refractivity contribution in [3.63, 3.8) is 0 Å². The van der Waals surface area contributed by atoms with Crippen LogP contribution in [-0.2, 0) is 28.6 Å². The van der Waals surface area contributed by atoms with Crippen molar-refractivity contribution in [3.05, 3.63) is 60.8 Å². The van der Waals surface area contributed by atoms with E-state index in [9.17, 15) is 14.4 Å². The standard InChI is InChI=1S/C56H98O6/c1-4-7-10-13-16-19-22-24-26-27-28-29-30-32-34-37-40-43-46-49-55(58)61-52-53(51-60-54(57)48-45-42-39-36-33-21-18-15-12-9-6-3)62-56(59)50-47-44-41-38-35-31-25-23-20-17-14-11-8-5-2/h14-19,23-26,53H,4-13,20-22,27-52H2,1-3H3/b17-14-,18-15-,19-16-,25-23-,26-24-. The molecule has 0 fully saturated rings. The van der Waals surface area contributed by atoms with E-state index in [2.05, 4.69) is 81.5 Å². The van der Waals surface area contributed by atoms with Gasteiger partial charge in [0, 0.05) is 19.3 Å². The summed E-state index contributed by atoms with van der Waals surface area (Å²) in [4.78, 5) is 37.9. The minimum atomic E-state index is -0.785. The van der Waals surface area contributed by atoms with Gasteiger partial charge < -0.3 is 14.2 Å². The second-order valence-corrected chi connectivity index (χ2v) is 17.4. The Morgan fingerprint density at radius 2 is 0.597 bits per heavy atom. The lowest BCUT2D eigenvalue weighted by Gasteiger charge is -2.18. The monoisotopic (exact) mass is 867 g/mol. The van der Waals surface area contributed by atoms with Gasteiger partial charge >= 0.3 is 17.9 Å². The van der Waals surface area contributed by atoms with E-state index in [0.717, 1.165) is 96.3 Å². The number of hydrogen-bond acceptors (Lipinski definition) is 6. The minimum absolute atomic E-state index is 0.0846. The van der Waals surface area contributed by atoms with Gasteiger partial charge in [0.2, 0.25) is 0 Å². The summed E-state index contributed by atoms with van der Waals surface area (Å²) in [6, 6.07) is 0. The third-order valence-corrected chi connectivity index (χ3v) is 11.2. The third-order valence-electron chi connectivity index (χ3n) is 11.2. The molecule has 1 unspecified atom stereocenters. The molecule has 0 saturated carbocycles. The number of unbranched alkanes of at least 4 members (excludes halogenated alkanes) is 26. The van der Waals surface area contributed by atoms with E-state index in [-0.39, 0.29) is 31.1 Å². The number of allylic oxidation sites excluding steroid dienone is 10. The predicted octanol–water partition coefficient (Wildman–Crippen LogP) is 17.3. The summed E-state index contributed by atoms with van der Waals surface area (Å²) in [5, 5.41) is 0. The molecule has 0 aliphatic rings. The van der Waals surface area contributed by atoms with Gasteiger partial charge in [0.1, 0.15) is 13.2 Å². The molecule has 0 aromatic carbocycles. The maximum Gasteiger partial charge on any atom is 0.306 e. The van der Waals surface area contributed by atoms with Crippen molar-refractivity contribution >= 4 is 17.9 Å². The van der Waals surface area contributed by atoms with Crippen molar-refractivity contribution in [2.75, 3.05) is 13.2 Å². The molecule has 0 amide bonds. The Kier molecular flexibility index (Phi) is 48.4. The first kappa shape index (κ1) is 59.1. The molecular formula is C56H98O6. The Morgan fingerprint density at radius 3 is 0.952 bits per heavy atom. The minimum Gasteiger partial charge on any atom is -0.462 e. The largest absolute Gasteiger partial charge is 0.462 e. The summed E-state index contributed by atoms with van der Waals surface area (Å²) in [6.07, 6.45) is 62.0. The van der Waals surface area contributed by atoms with E-state index < -0.39 is 6.10 Å². The molecule has 62 heavy (non-hydrogen) atoms. The van der Waals surface area contributed by atoms with E-state index in [1.54, 1.807) is 0 Å². The summed E-state index contributed by atoms with van der Waals surface area (Å²) in [7, 11) is 0. The van der Waals surface area contributed by atoms with Crippen LogP contribution in [0.4, 0.5) is 0 Å². The molecule has 6 nitrogen and oxygen atoms in total. The normalized spacial score (nSPS) is 12.5. The zero-order valence-corrected chi connectivity index (χ0v) is 40.9. The fourth-order valence-electron chi connectivity index (χ4n) is 7.18. The van der Waals surface area contributed by atoms with Crippen LogP contribution in [0.25, 0.3) is 0 Å². The van der Waals surface area contributed by atoms with Crippen molar-refractivity contribution < 1.29 is 28.6 Å². The first-order chi connectivity index (χ1) is 30.5. The fourth-order valence-corrected chi connectivity index (χ4v) is 7.18. The molecule has 0 saturated heterocycles. The first-order valence-electron chi connectivity index (χ1n) is 26.3. The number of esters is 3. The Balaban J connectivity index is 4.36. The zero-order valence-electron chi connectivity index (χ0n) is 40.9. The Hall–Kier alpha value is -2.89. The van der Waals surface area contributed by atoms with Gasteiger partial charge in [-0.1, -0.05) is 204 Å². The van der Waals surface area contributed by atoms with Crippen molar-refractivity contribution in [1.29, 1.82) is 0 Å². The van der Waals surface area contributed by atoms with Crippen LogP contribution >= 0.6 is 0 Å². The number of ether oxygens (including phenoxy) is 3. The third kappa shape index (κ3) is 48.1. The zero-order chi connectivity index (χ0) is 45.1. The summed E-state index contributed by atoms with van der Waals surface area (Å²) in [6.45, 7) is 6.52. The highest BCUT2D eigenvalue weighted by Crippen LogP contribution is 2.14. The smallest absolute Gasteiger partial charge is 0.306 e. The maximum absolute atomic E-state index is 12.8. The van der Waals surface area contributed by atoms with E-state index in [0.29, 0.717) is 19.3 Å². The average molecular weight is 867 g/mol. The summed E-state index contributed by atoms with van der Waals surface area (Å²) >= 11 is 0. The molecule has 0 aliphatic carbocycles. The predicted molar refractivity (Wildman–Crippen MR) is 265 cm³/mol. The van der Waals surface area contributed by atoms with E-state index >= 15 is 0 Å². The maximum atomic E-state index is 12.8. The molecule has 358 valence electrons. The van der Waals surface area contributed by atoms with Crippen LogP contribution in [0.15, 0.2) is 60.8 Å². The van der Waals surface area contributed by atoms with Crippen molar-refractivity contribution in [1.82, 2.24) is 0 Å². The molecule has 0 bridgehead atoms. The van der Waals surface area contributed by atoms with Crippen LogP contribution in [0.2, 0.25) is 0 Å². The van der Waals surface area contributed by atoms with Crippen molar-refractivity contribution in [3.8, 4) is 0 Å². The van der Waals surface area contributed by atoms with E-state index in [1.165, 1.54) is 122 Å². The van der Waals surface area contributed by atoms with Gasteiger partial charge in [0.25, 0.3) is 0 Å². The number of carbonyl (C=O) groups excluding carboxylic acids is 3.